The number of methoxy groups -OCH3 is 2. The molecule has 0 saturated carbocycles. The summed E-state index contributed by atoms with van der Waals surface area (Å²) in [6.07, 6.45) is 2.66. The van der Waals surface area contributed by atoms with Crippen molar-refractivity contribution in [2.75, 3.05) is 19.5 Å². The number of nitrogens with one attached hydrogen (secondary N) is 2. The quantitative estimate of drug-likeness (QED) is 0.141. The number of nitrogens with two attached hydrogens (primary N) is 1. The van der Waals surface area contributed by atoms with Gasteiger partial charge >= 0.3 is 0 Å². The molecule has 39 heavy (non-hydrogen) atoms. The van der Waals surface area contributed by atoms with Crippen LogP contribution in [-0.2, 0) is 6.54 Å². The molecule has 0 atom stereocenters. The molecule has 0 bridgehead atoms. The molecule has 0 aliphatic rings. The second-order valence-corrected chi connectivity index (χ2v) is 9.70. The molecule has 200 valence electrons. The number of nitrogens with zero attached hydrogens (tertiary/aromatic N) is 3. The summed E-state index contributed by atoms with van der Waals surface area (Å²) in [5, 5.41) is 19.0. The summed E-state index contributed by atoms with van der Waals surface area (Å²) in [4.78, 5) is 10.1. The minimum absolute atomic E-state index is 0.237. The van der Waals surface area contributed by atoms with Gasteiger partial charge in [-0.25, -0.2) is 9.98 Å². The third kappa shape index (κ3) is 7.48. The average molecular weight is 582 g/mol. The fourth-order valence-electron chi connectivity index (χ4n) is 3.62. The number of aromatic nitrogens is 1. The lowest BCUT2D eigenvalue weighted by Crippen LogP contribution is -2.12. The first-order valence-electron chi connectivity index (χ1n) is 11.5. The van der Waals surface area contributed by atoms with Gasteiger partial charge in [0.2, 0.25) is 0 Å². The van der Waals surface area contributed by atoms with E-state index in [-0.39, 0.29) is 5.84 Å². The maximum atomic E-state index is 7.33. The minimum atomic E-state index is 0.237. The smallest absolute Gasteiger partial charge is 0.143 e. The zero-order valence-corrected chi connectivity index (χ0v) is 23.8. The highest BCUT2D eigenvalue weighted by Gasteiger charge is 2.18. The Balaban J connectivity index is 0.00000134. The third-order valence-electron chi connectivity index (χ3n) is 5.39. The number of hydrogen-bond acceptors (Lipinski definition) is 7. The second-order valence-electron chi connectivity index (χ2n) is 7.81. The van der Waals surface area contributed by atoms with Gasteiger partial charge in [0.15, 0.2) is 0 Å². The van der Waals surface area contributed by atoms with Crippen LogP contribution in [0.2, 0.25) is 10.0 Å². The summed E-state index contributed by atoms with van der Waals surface area (Å²) >= 11 is 14.1. The Morgan fingerprint density at radius 2 is 1.90 bits per heavy atom. The number of hydrogen-bond donors (Lipinski definition) is 3. The molecule has 0 amide bonds. The van der Waals surface area contributed by atoms with Crippen molar-refractivity contribution in [2.24, 2.45) is 10.7 Å². The summed E-state index contributed by atoms with van der Waals surface area (Å²) in [6, 6.07) is 18.6. The number of benzene rings is 2. The molecule has 0 aliphatic carbocycles. The fourth-order valence-corrected chi connectivity index (χ4v) is 5.21. The molecule has 8 nitrogen and oxygen atoms in total. The molecule has 0 saturated heterocycles. The number of rotatable bonds is 9. The van der Waals surface area contributed by atoms with Crippen LogP contribution in [0.4, 0.5) is 5.82 Å². The minimum Gasteiger partial charge on any atom is -0.497 e. The van der Waals surface area contributed by atoms with E-state index >= 15 is 0 Å². The van der Waals surface area contributed by atoms with E-state index < -0.39 is 0 Å². The standard InChI is InChI=1S/C26H23Cl2N5O2S.C2H3N/c1-34-18-5-3-16(22(11-18)35-2)13-32-24-9-15(7-8-31-24)23-12-20(25(36-23)26(30)33-14-29)19-6-4-17(27)10-21(19)28;1-2-3/h3-12,14H,13H2,1-2H3,(H,31,32)(H3,29,30,33);1H3. The number of nitriles is 1. The lowest BCUT2D eigenvalue weighted by molar-refractivity contribution is 0.391. The molecule has 4 N–H and O–H groups in total. The van der Waals surface area contributed by atoms with Crippen LogP contribution in [0.5, 0.6) is 11.5 Å². The van der Waals surface area contributed by atoms with Gasteiger partial charge < -0.3 is 20.5 Å². The zero-order valence-electron chi connectivity index (χ0n) is 21.5. The third-order valence-corrected chi connectivity index (χ3v) is 7.14. The van der Waals surface area contributed by atoms with Crippen LogP contribution in [0.15, 0.2) is 65.8 Å². The van der Waals surface area contributed by atoms with Crippen molar-refractivity contribution in [3.05, 3.63) is 81.3 Å². The van der Waals surface area contributed by atoms with Crippen molar-refractivity contribution in [3.8, 4) is 39.1 Å². The molecule has 2 aromatic carbocycles. The largest absolute Gasteiger partial charge is 0.497 e. The van der Waals surface area contributed by atoms with Crippen molar-refractivity contribution in [3.63, 3.8) is 0 Å². The summed E-state index contributed by atoms with van der Waals surface area (Å²) < 4.78 is 10.8. The maximum absolute atomic E-state index is 7.33. The van der Waals surface area contributed by atoms with Gasteiger partial charge in [-0.3, -0.25) is 5.41 Å². The Kier molecular flexibility index (Phi) is 10.7. The number of pyridine rings is 1. The first-order chi connectivity index (χ1) is 18.8. The van der Waals surface area contributed by atoms with Gasteiger partial charge in [-0.2, -0.15) is 5.26 Å². The molecule has 0 unspecified atom stereocenters. The Labute approximate surface area is 241 Å². The first kappa shape index (κ1) is 29.5. The van der Waals surface area contributed by atoms with E-state index in [9.17, 15) is 0 Å². The van der Waals surface area contributed by atoms with Crippen LogP contribution in [0, 0.1) is 16.7 Å². The Morgan fingerprint density at radius 1 is 1.13 bits per heavy atom. The molecule has 2 aromatic heterocycles. The van der Waals surface area contributed by atoms with Crippen molar-refractivity contribution in [2.45, 2.75) is 13.5 Å². The molecule has 2 heterocycles. The molecular weight excluding hydrogens is 555 g/mol. The number of ether oxygens (including phenoxy) is 2. The summed E-state index contributed by atoms with van der Waals surface area (Å²) in [6.45, 7) is 1.95. The van der Waals surface area contributed by atoms with Gasteiger partial charge in [-0.1, -0.05) is 29.3 Å². The van der Waals surface area contributed by atoms with E-state index in [0.29, 0.717) is 27.3 Å². The van der Waals surface area contributed by atoms with E-state index in [1.54, 1.807) is 38.6 Å². The van der Waals surface area contributed by atoms with Crippen LogP contribution in [0.3, 0.4) is 0 Å². The predicted octanol–water partition coefficient (Wildman–Crippen LogP) is 7.26. The predicted molar refractivity (Wildman–Crippen MR) is 161 cm³/mol. The van der Waals surface area contributed by atoms with E-state index in [1.807, 2.05) is 42.5 Å². The second kappa shape index (κ2) is 14.2. The van der Waals surface area contributed by atoms with E-state index in [2.05, 4.69) is 15.3 Å². The highest BCUT2D eigenvalue weighted by Crippen LogP contribution is 2.41. The summed E-state index contributed by atoms with van der Waals surface area (Å²) in [5.41, 5.74) is 9.71. The highest BCUT2D eigenvalue weighted by molar-refractivity contribution is 7.18. The number of halogens is 2. The lowest BCUT2D eigenvalue weighted by atomic mass is 10.0. The van der Waals surface area contributed by atoms with Crippen LogP contribution in [0.25, 0.3) is 21.6 Å². The lowest BCUT2D eigenvalue weighted by Gasteiger charge is -2.12. The molecule has 4 rings (SSSR count). The van der Waals surface area contributed by atoms with Crippen molar-refractivity contribution >= 4 is 52.5 Å². The van der Waals surface area contributed by atoms with Gasteiger partial charge in [0.05, 0.1) is 25.2 Å². The normalized spacial score (nSPS) is 10.6. The SMILES string of the molecule is CC#N.COc1ccc(CNc2cc(-c3cc(-c4ccc(Cl)cc4Cl)c(C(N)=NC=N)s3)ccn2)c(OC)c1. The van der Waals surface area contributed by atoms with E-state index in [4.69, 9.17) is 49.1 Å². The molecule has 0 fully saturated rings. The number of anilines is 1. The molecule has 11 heteroatoms. The summed E-state index contributed by atoms with van der Waals surface area (Å²) in [7, 11) is 3.25. The molecule has 0 radical (unpaired) electrons. The Morgan fingerprint density at radius 3 is 2.56 bits per heavy atom. The van der Waals surface area contributed by atoms with E-state index in [0.717, 1.165) is 45.0 Å². The van der Waals surface area contributed by atoms with Gasteiger partial charge in [-0.15, -0.1) is 11.3 Å². The van der Waals surface area contributed by atoms with Gasteiger partial charge in [0.25, 0.3) is 0 Å². The first-order valence-corrected chi connectivity index (χ1v) is 13.1. The molecular formula is C28H26Cl2N6O2S. The zero-order chi connectivity index (χ0) is 28.4. The average Bonchev–Trinajstić information content (AvgIpc) is 3.38. The van der Waals surface area contributed by atoms with Crippen LogP contribution in [-0.4, -0.2) is 31.4 Å². The highest BCUT2D eigenvalue weighted by atomic mass is 35.5. The monoisotopic (exact) mass is 580 g/mol. The van der Waals surface area contributed by atoms with Crippen molar-refractivity contribution in [1.82, 2.24) is 4.98 Å². The van der Waals surface area contributed by atoms with Crippen LogP contribution < -0.4 is 20.5 Å². The van der Waals surface area contributed by atoms with Crippen molar-refractivity contribution in [1.29, 1.82) is 10.7 Å². The fraction of sp³-hybridized carbons (Fsp3) is 0.143. The number of amidine groups is 1. The van der Waals surface area contributed by atoms with Crippen LogP contribution >= 0.6 is 34.5 Å². The van der Waals surface area contributed by atoms with Gasteiger partial charge in [0, 0.05) is 57.3 Å². The van der Waals surface area contributed by atoms with Gasteiger partial charge in [0.1, 0.15) is 29.5 Å². The van der Waals surface area contributed by atoms with Crippen LogP contribution in [0.1, 0.15) is 17.4 Å². The number of thiophene rings is 1. The van der Waals surface area contributed by atoms with Gasteiger partial charge in [-0.05, 0) is 48.0 Å². The molecule has 0 spiro atoms. The summed E-state index contributed by atoms with van der Waals surface area (Å²) in [5.74, 6) is 2.40. The topological polar surface area (TPSA) is 129 Å². The maximum Gasteiger partial charge on any atom is 0.143 e. The van der Waals surface area contributed by atoms with Crippen molar-refractivity contribution < 1.29 is 9.47 Å². The molecule has 4 aromatic rings. The Bertz CT molecular complexity index is 1530. The molecule has 0 aliphatic heterocycles. The van der Waals surface area contributed by atoms with E-state index in [1.165, 1.54) is 18.3 Å². The Hall–Kier alpha value is -4.10. The number of aliphatic imine (C=N–C) groups is 1.